The van der Waals surface area contributed by atoms with Gasteiger partial charge in [-0.25, -0.2) is 4.98 Å². The average molecular weight is 1250 g/mol. The van der Waals surface area contributed by atoms with Crippen molar-refractivity contribution in [3.63, 3.8) is 0 Å². The van der Waals surface area contributed by atoms with Crippen LogP contribution >= 0.6 is 0 Å². The van der Waals surface area contributed by atoms with E-state index in [9.17, 15) is 88.2 Å². The summed E-state index contributed by atoms with van der Waals surface area (Å²) in [6.07, 6.45) is 1.19. The van der Waals surface area contributed by atoms with Crippen molar-refractivity contribution < 1.29 is 97.6 Å². The Balaban J connectivity index is 1.72. The third kappa shape index (κ3) is 29.1. The molecule has 0 saturated carbocycles. The van der Waals surface area contributed by atoms with Crippen LogP contribution < -0.4 is 43.0 Å². The number of aliphatic carboxylic acids is 4. The lowest BCUT2D eigenvalue weighted by Gasteiger charge is -2.35. The highest BCUT2D eigenvalue weighted by molar-refractivity contribution is 5.98. The van der Waals surface area contributed by atoms with Crippen molar-refractivity contribution >= 4 is 71.0 Å². The Hall–Kier alpha value is -8.09. The number of hydrogen-bond acceptors (Lipinski definition) is 22. The first kappa shape index (κ1) is 74.2. The van der Waals surface area contributed by atoms with Crippen LogP contribution in [0.15, 0.2) is 42.9 Å². The number of nitrogens with one attached hydrogen (secondary N) is 8. The predicted octanol–water partition coefficient (Wildman–Crippen LogP) is -7.10. The van der Waals surface area contributed by atoms with Crippen LogP contribution in [0.5, 0.6) is 0 Å². The zero-order valence-electron chi connectivity index (χ0n) is 49.3. The number of hydrogen-bond donors (Lipinski definition) is 15. The average Bonchev–Trinajstić information content (AvgIpc) is 4.09. The van der Waals surface area contributed by atoms with E-state index in [0.717, 1.165) is 0 Å². The third-order valence-corrected chi connectivity index (χ3v) is 13.5. The minimum atomic E-state index is -1.80. The van der Waals surface area contributed by atoms with E-state index in [1.54, 1.807) is 49.9 Å². The van der Waals surface area contributed by atoms with Gasteiger partial charge in [0.05, 0.1) is 71.1 Å². The highest BCUT2D eigenvalue weighted by Gasteiger charge is 2.34. The molecule has 16 N–H and O–H groups in total. The number of carbonyl (C=O) groups excluding carboxylic acids is 8. The van der Waals surface area contributed by atoms with Crippen molar-refractivity contribution in [2.45, 2.75) is 88.2 Å². The van der Waals surface area contributed by atoms with E-state index in [1.807, 2.05) is 0 Å². The highest BCUT2D eigenvalue weighted by atomic mass is 16.5. The molecular weight excluding hydrogens is 1160 g/mol. The van der Waals surface area contributed by atoms with Crippen molar-refractivity contribution in [1.29, 1.82) is 0 Å². The van der Waals surface area contributed by atoms with Gasteiger partial charge in [0.15, 0.2) is 0 Å². The number of H-pyrrole nitrogens is 1. The number of ether oxygens (including phenoxy) is 2. The fourth-order valence-electron chi connectivity index (χ4n) is 8.98. The van der Waals surface area contributed by atoms with Gasteiger partial charge in [-0.1, -0.05) is 30.3 Å². The molecule has 34 heteroatoms. The number of aliphatic hydroxyl groups excluding tert-OH is 2. The summed E-state index contributed by atoms with van der Waals surface area (Å²) in [6.45, 7) is 1.11. The maximum absolute atomic E-state index is 14.0. The molecule has 1 saturated heterocycles. The summed E-state index contributed by atoms with van der Waals surface area (Å²) in [6, 6.07) is -2.68. The van der Waals surface area contributed by atoms with E-state index in [1.165, 1.54) is 26.4 Å². The number of carbonyl (C=O) groups is 12. The molecule has 7 atom stereocenters. The zero-order valence-corrected chi connectivity index (χ0v) is 49.3. The Morgan fingerprint density at radius 3 is 1.64 bits per heavy atom. The number of rotatable bonds is 39. The van der Waals surface area contributed by atoms with E-state index in [-0.39, 0.29) is 142 Å². The van der Waals surface area contributed by atoms with Crippen LogP contribution in [0.3, 0.4) is 0 Å². The number of benzene rings is 1. The van der Waals surface area contributed by atoms with E-state index < -0.39 is 134 Å². The maximum Gasteiger partial charge on any atom is 0.320 e. The summed E-state index contributed by atoms with van der Waals surface area (Å²) in [5.41, 5.74) is 6.08. The second kappa shape index (κ2) is 40.4. The van der Waals surface area contributed by atoms with E-state index >= 15 is 0 Å². The second-order valence-corrected chi connectivity index (χ2v) is 20.6. The fourth-order valence-corrected chi connectivity index (χ4v) is 8.98. The zero-order chi connectivity index (χ0) is 65.1. The number of aliphatic hydroxyl groups is 2. The van der Waals surface area contributed by atoms with Gasteiger partial charge in [-0.15, -0.1) is 0 Å². The molecule has 1 aromatic heterocycles. The summed E-state index contributed by atoms with van der Waals surface area (Å²) in [7, 11) is 0. The van der Waals surface area contributed by atoms with Crippen molar-refractivity contribution in [1.82, 2.24) is 66.8 Å². The monoisotopic (exact) mass is 1250 g/mol. The Morgan fingerprint density at radius 2 is 1.11 bits per heavy atom. The van der Waals surface area contributed by atoms with Gasteiger partial charge in [0.1, 0.15) is 54.7 Å². The molecule has 1 aromatic carbocycles. The van der Waals surface area contributed by atoms with Crippen LogP contribution in [0.2, 0.25) is 0 Å². The molecule has 3 rings (SSSR count). The Morgan fingerprint density at radius 1 is 0.602 bits per heavy atom. The summed E-state index contributed by atoms with van der Waals surface area (Å²) < 4.78 is 10.3. The summed E-state index contributed by atoms with van der Waals surface area (Å²) in [4.78, 5) is 168. The number of nitrogens with zero attached hydrogens (tertiary/aromatic N) is 5. The van der Waals surface area contributed by atoms with Crippen molar-refractivity contribution in [3.05, 3.63) is 54.1 Å². The first-order valence-corrected chi connectivity index (χ1v) is 28.4. The summed E-state index contributed by atoms with van der Waals surface area (Å²) >= 11 is 0. The van der Waals surface area contributed by atoms with Crippen molar-refractivity contribution in [2.75, 3.05) is 125 Å². The van der Waals surface area contributed by atoms with Gasteiger partial charge in [0, 0.05) is 84.5 Å². The number of ketones is 1. The van der Waals surface area contributed by atoms with E-state index in [0.29, 0.717) is 5.56 Å². The number of amides is 7. The summed E-state index contributed by atoms with van der Waals surface area (Å²) in [5, 5.41) is 76.6. The molecule has 2 heterocycles. The van der Waals surface area contributed by atoms with Crippen molar-refractivity contribution in [3.8, 4) is 0 Å². The molecule has 0 radical (unpaired) electrons. The maximum atomic E-state index is 14.0. The predicted molar refractivity (Wildman–Crippen MR) is 307 cm³/mol. The lowest BCUT2D eigenvalue weighted by Crippen LogP contribution is -2.61. The molecule has 34 nitrogen and oxygen atoms in total. The largest absolute Gasteiger partial charge is 0.481 e. The molecular formula is C54H84N14O20. The molecule has 1 aliphatic heterocycles. The molecule has 1 fully saturated rings. The van der Waals surface area contributed by atoms with Gasteiger partial charge in [0.2, 0.25) is 41.4 Å². The lowest BCUT2D eigenvalue weighted by atomic mass is 10.0. The first-order valence-electron chi connectivity index (χ1n) is 28.4. The van der Waals surface area contributed by atoms with Crippen LogP contribution in [0.4, 0.5) is 0 Å². The quantitative estimate of drug-likeness (QED) is 0.0277. The minimum absolute atomic E-state index is 0.0121. The standard InChI is InChI=1S/C54H84N14O20/c1-34(71)27-65-12-14-66(28-46(75)76)16-18-68(19-17-67(15-13-65)29-47(77)78)43(54(85)86)9-6-11-57-49(80)41(30-69)63-51(82)38(23-36-7-4-3-5-8-36)62-53(84)42(31-70)64-52(83)39(24-37-26-56-33-58-37)61-48(79)35(2)59-50(81)40(25-45(73)74)60-44(72)32-88-22-21-87-20-10-55/h3-5,7-8,26,33,35,38-43,69-70H,6,9-25,27-32,55H2,1-2H3,(H,56,58)(H,57,80)(H,59,81)(H,60,72)(H,61,79)(H,62,84)(H,63,82)(H,64,83)(H,73,74)(H,75,76)(H,77,78)(H,85,86)/t35-,38-,39-,40-,41+,42-,43?/m0/s1. The van der Waals surface area contributed by atoms with Gasteiger partial charge in [-0.05, 0) is 32.3 Å². The normalized spacial score (nSPS) is 16.2. The number of Topliss-reactive ketones (excluding diaryl/α,β-unsaturated/α-hetero) is 1. The van der Waals surface area contributed by atoms with Gasteiger partial charge < -0.3 is 88.0 Å². The number of carboxylic acids is 4. The van der Waals surface area contributed by atoms with Gasteiger partial charge in [0.25, 0.3) is 0 Å². The van der Waals surface area contributed by atoms with Crippen LogP contribution in [0, 0.1) is 0 Å². The molecule has 0 aliphatic carbocycles. The molecule has 2 aromatic rings. The number of imidazole rings is 1. The smallest absolute Gasteiger partial charge is 0.320 e. The third-order valence-electron chi connectivity index (χ3n) is 13.5. The van der Waals surface area contributed by atoms with Crippen molar-refractivity contribution in [2.24, 2.45) is 5.73 Å². The topological polar surface area (TPSA) is 497 Å². The van der Waals surface area contributed by atoms with Crippen LogP contribution in [-0.4, -0.2) is 298 Å². The second-order valence-electron chi connectivity index (χ2n) is 20.6. The molecule has 0 bridgehead atoms. The molecule has 7 amide bonds. The lowest BCUT2D eigenvalue weighted by molar-refractivity contribution is -0.145. The molecule has 490 valence electrons. The number of nitrogens with two attached hydrogens (primary N) is 1. The Labute approximate surface area is 506 Å². The van der Waals surface area contributed by atoms with Gasteiger partial charge in [-0.2, -0.15) is 0 Å². The molecule has 88 heavy (non-hydrogen) atoms. The highest BCUT2D eigenvalue weighted by Crippen LogP contribution is 2.12. The van der Waals surface area contributed by atoms with Crippen LogP contribution in [0.1, 0.15) is 44.4 Å². The Bertz CT molecular complexity index is 2550. The van der Waals surface area contributed by atoms with Gasteiger partial charge >= 0.3 is 23.9 Å². The van der Waals surface area contributed by atoms with Crippen LogP contribution in [0.25, 0.3) is 0 Å². The van der Waals surface area contributed by atoms with E-state index in [2.05, 4.69) is 47.2 Å². The minimum Gasteiger partial charge on any atom is -0.481 e. The van der Waals surface area contributed by atoms with E-state index in [4.69, 9.17) is 15.2 Å². The van der Waals surface area contributed by atoms with Crippen LogP contribution in [-0.2, 0) is 79.8 Å². The number of aromatic nitrogens is 2. The summed E-state index contributed by atoms with van der Waals surface area (Å²) in [5.74, 6) is -12.1. The first-order chi connectivity index (χ1) is 41.9. The molecule has 1 unspecified atom stereocenters. The number of carboxylic acid groups (broad SMARTS) is 4. The number of aromatic amines is 1. The van der Waals surface area contributed by atoms with Gasteiger partial charge in [-0.3, -0.25) is 77.1 Å². The molecule has 1 aliphatic rings. The Kier molecular flexibility index (Phi) is 34.0. The SMILES string of the molecule is CC(=O)CN1CCN(CC(=O)O)CCN(C(CCCNC(=O)[C@@H](CO)NC(=O)[C@H](Cc2ccccc2)NC(=O)[C@H](CO)NC(=O)[C@H](Cc2c[nH]cn2)NC(=O)[C@H](C)NC(=O)[C@H](CC(=O)O)NC(=O)COCCOCCN)C(=O)O)CCN(CC(=O)O)CC1. The molecule has 0 spiro atoms. The fraction of sp³-hybridized carbons (Fsp3) is 0.611.